The van der Waals surface area contributed by atoms with E-state index >= 15 is 0 Å². The zero-order valence-electron chi connectivity index (χ0n) is 8.94. The van der Waals surface area contributed by atoms with E-state index in [9.17, 15) is 0 Å². The Morgan fingerprint density at radius 3 is 2.64 bits per heavy atom. The van der Waals surface area contributed by atoms with Gasteiger partial charge in [0.2, 0.25) is 0 Å². The number of tetrazole rings is 1. The highest BCUT2D eigenvalue weighted by atomic mass is 15.6. The molecule has 0 amide bonds. The van der Waals surface area contributed by atoms with Gasteiger partial charge in [-0.3, -0.25) is 0 Å². The Balaban J connectivity index is 2.34. The van der Waals surface area contributed by atoms with Gasteiger partial charge in [0.25, 0.3) is 0 Å². The normalized spacial score (nSPS) is 19.7. The van der Waals surface area contributed by atoms with Crippen LogP contribution < -0.4 is 5.73 Å². The van der Waals surface area contributed by atoms with Gasteiger partial charge in [-0.1, -0.05) is 0 Å². The van der Waals surface area contributed by atoms with E-state index in [4.69, 9.17) is 5.73 Å². The molecule has 1 aromatic heterocycles. The lowest BCUT2D eigenvalue weighted by Gasteiger charge is -2.26. The molecule has 0 aromatic carbocycles. The molecule has 5 heteroatoms. The Labute approximate surface area is 83.7 Å². The van der Waals surface area contributed by atoms with Crippen molar-refractivity contribution in [3.8, 4) is 0 Å². The van der Waals surface area contributed by atoms with Crippen LogP contribution in [0, 0.1) is 5.92 Å². The van der Waals surface area contributed by atoms with Crippen molar-refractivity contribution in [3.05, 3.63) is 5.82 Å². The van der Waals surface area contributed by atoms with Gasteiger partial charge in [0.15, 0.2) is 5.82 Å². The van der Waals surface area contributed by atoms with E-state index in [0.29, 0.717) is 5.92 Å². The topological polar surface area (TPSA) is 69.6 Å². The molecule has 1 atom stereocenters. The molecule has 1 aliphatic rings. The van der Waals surface area contributed by atoms with Crippen molar-refractivity contribution in [1.29, 1.82) is 0 Å². The van der Waals surface area contributed by atoms with E-state index in [-0.39, 0.29) is 11.6 Å². The molecule has 2 rings (SSSR count). The summed E-state index contributed by atoms with van der Waals surface area (Å²) in [5.41, 5.74) is 5.82. The van der Waals surface area contributed by atoms with Gasteiger partial charge < -0.3 is 5.73 Å². The van der Waals surface area contributed by atoms with Crippen LogP contribution in [-0.2, 0) is 5.54 Å². The summed E-state index contributed by atoms with van der Waals surface area (Å²) in [6.07, 6.45) is 2.54. The molecule has 1 aromatic rings. The van der Waals surface area contributed by atoms with E-state index in [1.807, 2.05) is 11.6 Å². The second-order valence-corrected chi connectivity index (χ2v) is 4.67. The van der Waals surface area contributed by atoms with Crippen LogP contribution in [0.4, 0.5) is 0 Å². The number of aromatic nitrogens is 4. The Hall–Kier alpha value is -0.970. The highest BCUT2D eigenvalue weighted by Gasteiger charge is 2.41. The third kappa shape index (κ3) is 1.41. The van der Waals surface area contributed by atoms with Crippen molar-refractivity contribution >= 4 is 0 Å². The maximum atomic E-state index is 5.81. The summed E-state index contributed by atoms with van der Waals surface area (Å²) in [4.78, 5) is 0. The number of nitrogens with two attached hydrogens (primary N) is 1. The molecule has 1 saturated carbocycles. The first kappa shape index (κ1) is 9.58. The van der Waals surface area contributed by atoms with Crippen LogP contribution >= 0.6 is 0 Å². The smallest absolute Gasteiger partial charge is 0.168 e. The lowest BCUT2D eigenvalue weighted by atomic mass is 9.99. The number of rotatable bonds is 3. The van der Waals surface area contributed by atoms with E-state index < -0.39 is 0 Å². The van der Waals surface area contributed by atoms with Crippen LogP contribution in [-0.4, -0.2) is 20.2 Å². The van der Waals surface area contributed by atoms with Crippen LogP contribution in [0.1, 0.15) is 45.5 Å². The minimum Gasteiger partial charge on any atom is -0.322 e. The molecule has 1 unspecified atom stereocenters. The molecule has 1 fully saturated rings. The molecule has 78 valence electrons. The van der Waals surface area contributed by atoms with Crippen molar-refractivity contribution in [2.45, 2.75) is 45.2 Å². The van der Waals surface area contributed by atoms with Gasteiger partial charge in [-0.15, -0.1) is 5.10 Å². The van der Waals surface area contributed by atoms with Gasteiger partial charge in [-0.25, -0.2) is 4.68 Å². The highest BCUT2D eigenvalue weighted by molar-refractivity contribution is 4.99. The molecule has 1 heterocycles. The zero-order valence-corrected chi connectivity index (χ0v) is 8.94. The summed E-state index contributed by atoms with van der Waals surface area (Å²) in [6.45, 7) is 6.25. The first-order chi connectivity index (χ1) is 6.53. The first-order valence-electron chi connectivity index (χ1n) is 5.08. The van der Waals surface area contributed by atoms with Crippen LogP contribution in [0.3, 0.4) is 0 Å². The molecule has 0 bridgehead atoms. The Kier molecular flexibility index (Phi) is 2.06. The number of hydrogen-bond donors (Lipinski definition) is 1. The third-order valence-corrected chi connectivity index (χ3v) is 3.02. The summed E-state index contributed by atoms with van der Waals surface area (Å²) >= 11 is 0. The maximum absolute atomic E-state index is 5.81. The summed E-state index contributed by atoms with van der Waals surface area (Å²) < 4.78 is 1.88. The van der Waals surface area contributed by atoms with Crippen molar-refractivity contribution in [2.75, 3.05) is 0 Å². The van der Waals surface area contributed by atoms with Crippen LogP contribution in [0.2, 0.25) is 0 Å². The lowest BCUT2D eigenvalue weighted by Crippen LogP contribution is -2.33. The fraction of sp³-hybridized carbons (Fsp3) is 0.889. The van der Waals surface area contributed by atoms with Crippen LogP contribution in [0.5, 0.6) is 0 Å². The molecule has 0 saturated heterocycles. The number of nitrogens with zero attached hydrogens (tertiary/aromatic N) is 4. The Morgan fingerprint density at radius 1 is 1.50 bits per heavy atom. The second kappa shape index (κ2) is 3.02. The maximum Gasteiger partial charge on any atom is 0.168 e. The zero-order chi connectivity index (χ0) is 10.3. The first-order valence-corrected chi connectivity index (χ1v) is 5.08. The summed E-state index contributed by atoms with van der Waals surface area (Å²) in [6, 6.07) is -0.108. The van der Waals surface area contributed by atoms with Gasteiger partial charge in [0, 0.05) is 0 Å². The number of hydrogen-bond acceptors (Lipinski definition) is 4. The molecular weight excluding hydrogens is 178 g/mol. The highest BCUT2D eigenvalue weighted by Crippen LogP contribution is 2.43. The minimum absolute atomic E-state index is 0.00641. The third-order valence-electron chi connectivity index (χ3n) is 3.02. The van der Waals surface area contributed by atoms with Crippen molar-refractivity contribution in [1.82, 2.24) is 20.2 Å². The quantitative estimate of drug-likeness (QED) is 0.775. The molecule has 14 heavy (non-hydrogen) atoms. The average molecular weight is 195 g/mol. The average Bonchev–Trinajstić information content (AvgIpc) is 2.82. The van der Waals surface area contributed by atoms with Crippen molar-refractivity contribution < 1.29 is 0 Å². The standard InChI is InChI=1S/C9H17N5/c1-6(10)8-11-12-13-14(8)9(2,3)7-4-5-7/h6-7H,4-5,10H2,1-3H3. The Bertz CT molecular complexity index is 324. The van der Waals surface area contributed by atoms with Gasteiger partial charge in [0.05, 0.1) is 11.6 Å². The molecule has 5 nitrogen and oxygen atoms in total. The van der Waals surface area contributed by atoms with E-state index in [2.05, 4.69) is 29.4 Å². The molecular formula is C9H17N5. The van der Waals surface area contributed by atoms with Crippen LogP contribution in [0.15, 0.2) is 0 Å². The fourth-order valence-electron chi connectivity index (χ4n) is 1.85. The van der Waals surface area contributed by atoms with E-state index in [1.54, 1.807) is 0 Å². The summed E-state index contributed by atoms with van der Waals surface area (Å²) in [5, 5.41) is 11.7. The summed E-state index contributed by atoms with van der Waals surface area (Å²) in [7, 11) is 0. The largest absolute Gasteiger partial charge is 0.322 e. The second-order valence-electron chi connectivity index (χ2n) is 4.67. The van der Waals surface area contributed by atoms with Gasteiger partial charge in [0.1, 0.15) is 0 Å². The molecule has 0 aliphatic heterocycles. The lowest BCUT2D eigenvalue weighted by molar-refractivity contribution is 0.256. The molecule has 0 radical (unpaired) electrons. The fourth-order valence-corrected chi connectivity index (χ4v) is 1.85. The molecule has 1 aliphatic carbocycles. The molecule has 2 N–H and O–H groups in total. The Morgan fingerprint density at radius 2 is 2.14 bits per heavy atom. The van der Waals surface area contributed by atoms with E-state index in [0.717, 1.165) is 5.82 Å². The predicted molar refractivity (Wildman–Crippen MR) is 52.5 cm³/mol. The molecule has 0 spiro atoms. The minimum atomic E-state index is -0.108. The van der Waals surface area contributed by atoms with E-state index in [1.165, 1.54) is 12.8 Å². The van der Waals surface area contributed by atoms with Crippen LogP contribution in [0.25, 0.3) is 0 Å². The van der Waals surface area contributed by atoms with Crippen molar-refractivity contribution in [2.24, 2.45) is 11.7 Å². The SMILES string of the molecule is CC(N)c1nnnn1C(C)(C)C1CC1. The van der Waals surface area contributed by atoms with Gasteiger partial charge in [-0.2, -0.15) is 0 Å². The predicted octanol–water partition coefficient (Wildman–Crippen LogP) is 0.838. The monoisotopic (exact) mass is 195 g/mol. The van der Waals surface area contributed by atoms with Crippen molar-refractivity contribution in [3.63, 3.8) is 0 Å². The van der Waals surface area contributed by atoms with Gasteiger partial charge in [-0.05, 0) is 50.0 Å². The summed E-state index contributed by atoms with van der Waals surface area (Å²) in [5.74, 6) is 1.48. The van der Waals surface area contributed by atoms with Gasteiger partial charge >= 0.3 is 0 Å².